The number of carbonyl (C=O) groups is 3. The van der Waals surface area contributed by atoms with Crippen LogP contribution in [0.4, 0.5) is 5.00 Å². The number of ether oxygens (including phenoxy) is 1. The van der Waals surface area contributed by atoms with Crippen molar-refractivity contribution in [3.05, 3.63) is 64.4 Å². The van der Waals surface area contributed by atoms with Crippen molar-refractivity contribution in [1.29, 1.82) is 0 Å². The number of esters is 1. The van der Waals surface area contributed by atoms with Crippen molar-refractivity contribution < 1.29 is 23.5 Å². The fraction of sp³-hybridized carbons (Fsp3) is 0.261. The van der Waals surface area contributed by atoms with Gasteiger partial charge in [-0.05, 0) is 18.2 Å². The second kappa shape index (κ2) is 10.2. The van der Waals surface area contributed by atoms with Gasteiger partial charge in [-0.25, -0.2) is 4.79 Å². The van der Waals surface area contributed by atoms with Gasteiger partial charge < -0.3 is 19.4 Å². The summed E-state index contributed by atoms with van der Waals surface area (Å²) in [4.78, 5) is 41.3. The fourth-order valence-corrected chi connectivity index (χ4v) is 4.87. The Morgan fingerprint density at radius 3 is 2.52 bits per heavy atom. The maximum atomic E-state index is 12.7. The molecular formula is C23H22ClN3O5S. The summed E-state index contributed by atoms with van der Waals surface area (Å²) in [5.41, 5.74) is 1.57. The summed E-state index contributed by atoms with van der Waals surface area (Å²) in [7, 11) is 1.30. The molecule has 2 amide bonds. The van der Waals surface area contributed by atoms with Gasteiger partial charge in [0.05, 0.1) is 19.9 Å². The number of amides is 2. The lowest BCUT2D eigenvalue weighted by Gasteiger charge is -2.33. The maximum absolute atomic E-state index is 12.7. The number of methoxy groups -OCH3 is 1. The molecule has 0 spiro atoms. The summed E-state index contributed by atoms with van der Waals surface area (Å²) in [5, 5.41) is 5.53. The van der Waals surface area contributed by atoms with Crippen LogP contribution >= 0.6 is 22.9 Å². The Morgan fingerprint density at radius 2 is 1.85 bits per heavy atom. The molecule has 0 atom stereocenters. The number of piperazine rings is 1. The summed E-state index contributed by atoms with van der Waals surface area (Å²) in [6.07, 6.45) is 1.47. The van der Waals surface area contributed by atoms with E-state index in [0.29, 0.717) is 53.1 Å². The molecule has 1 N–H and O–H groups in total. The zero-order chi connectivity index (χ0) is 23.4. The van der Waals surface area contributed by atoms with Crippen LogP contribution in [0.15, 0.2) is 52.5 Å². The molecule has 8 nitrogen and oxygen atoms in total. The Hall–Kier alpha value is -3.14. The van der Waals surface area contributed by atoms with Crippen LogP contribution in [0.5, 0.6) is 0 Å². The predicted molar refractivity (Wildman–Crippen MR) is 126 cm³/mol. The van der Waals surface area contributed by atoms with Crippen LogP contribution in [0.1, 0.15) is 20.9 Å². The van der Waals surface area contributed by atoms with Gasteiger partial charge in [0.15, 0.2) is 5.76 Å². The van der Waals surface area contributed by atoms with Crippen LogP contribution in [-0.4, -0.2) is 67.4 Å². The van der Waals surface area contributed by atoms with E-state index >= 15 is 0 Å². The average molecular weight is 488 g/mol. The third-order valence-electron chi connectivity index (χ3n) is 5.36. The molecule has 0 saturated carbocycles. The quantitative estimate of drug-likeness (QED) is 0.531. The van der Waals surface area contributed by atoms with Gasteiger partial charge >= 0.3 is 5.97 Å². The van der Waals surface area contributed by atoms with E-state index in [-0.39, 0.29) is 23.9 Å². The first kappa shape index (κ1) is 23.0. The van der Waals surface area contributed by atoms with Gasteiger partial charge in [0, 0.05) is 47.7 Å². The smallest absolute Gasteiger partial charge is 0.341 e. The Balaban J connectivity index is 1.40. The lowest BCUT2D eigenvalue weighted by Crippen LogP contribution is -2.50. The molecule has 3 heterocycles. The molecule has 172 valence electrons. The number of furan rings is 1. The second-order valence-corrected chi connectivity index (χ2v) is 8.71. The summed E-state index contributed by atoms with van der Waals surface area (Å²) in [6, 6.07) is 10.5. The number of hydrogen-bond acceptors (Lipinski definition) is 7. The van der Waals surface area contributed by atoms with Crippen molar-refractivity contribution in [1.82, 2.24) is 9.80 Å². The Kier molecular flexibility index (Phi) is 7.12. The van der Waals surface area contributed by atoms with E-state index in [2.05, 4.69) is 5.32 Å². The number of nitrogens with zero attached hydrogens (tertiary/aromatic N) is 2. The molecule has 10 heteroatoms. The van der Waals surface area contributed by atoms with E-state index in [1.807, 2.05) is 17.0 Å². The third-order valence-corrected chi connectivity index (χ3v) is 6.58. The summed E-state index contributed by atoms with van der Waals surface area (Å²) >= 11 is 7.56. The molecule has 1 aliphatic heterocycles. The van der Waals surface area contributed by atoms with Crippen molar-refractivity contribution in [2.45, 2.75) is 0 Å². The van der Waals surface area contributed by atoms with Crippen molar-refractivity contribution in [2.24, 2.45) is 0 Å². The van der Waals surface area contributed by atoms with Gasteiger partial charge in [0.1, 0.15) is 10.6 Å². The minimum Gasteiger partial charge on any atom is -0.465 e. The van der Waals surface area contributed by atoms with Crippen molar-refractivity contribution >= 4 is 45.7 Å². The number of carbonyl (C=O) groups excluding carboxylic acids is 3. The highest BCUT2D eigenvalue weighted by Gasteiger charge is 2.26. The highest BCUT2D eigenvalue weighted by molar-refractivity contribution is 7.15. The predicted octanol–water partition coefficient (Wildman–Crippen LogP) is 3.84. The zero-order valence-electron chi connectivity index (χ0n) is 17.9. The van der Waals surface area contributed by atoms with E-state index in [4.69, 9.17) is 20.8 Å². The van der Waals surface area contributed by atoms with Crippen molar-refractivity contribution in [3.63, 3.8) is 0 Å². The number of thiophene rings is 1. The van der Waals surface area contributed by atoms with Gasteiger partial charge in [0.25, 0.3) is 5.91 Å². The molecule has 33 heavy (non-hydrogen) atoms. The van der Waals surface area contributed by atoms with E-state index in [1.54, 1.807) is 34.5 Å². The van der Waals surface area contributed by atoms with Crippen LogP contribution < -0.4 is 5.32 Å². The lowest BCUT2D eigenvalue weighted by atomic mass is 10.0. The van der Waals surface area contributed by atoms with Gasteiger partial charge in [-0.3, -0.25) is 14.5 Å². The molecule has 0 radical (unpaired) electrons. The molecule has 1 saturated heterocycles. The fourth-order valence-electron chi connectivity index (χ4n) is 3.67. The molecule has 3 aromatic rings. The Labute approximate surface area is 199 Å². The minimum absolute atomic E-state index is 0.142. The number of nitrogens with one attached hydrogen (secondary N) is 1. The number of halogens is 1. The summed E-state index contributed by atoms with van der Waals surface area (Å²) in [6.45, 7) is 2.24. The molecule has 1 fully saturated rings. The van der Waals surface area contributed by atoms with E-state index < -0.39 is 5.97 Å². The van der Waals surface area contributed by atoms with Crippen LogP contribution in [0.25, 0.3) is 11.1 Å². The zero-order valence-corrected chi connectivity index (χ0v) is 19.4. The molecular weight excluding hydrogens is 466 g/mol. The number of anilines is 1. The number of benzene rings is 1. The monoisotopic (exact) mass is 487 g/mol. The third kappa shape index (κ3) is 5.11. The molecule has 2 aromatic heterocycles. The van der Waals surface area contributed by atoms with Crippen LogP contribution in [0.2, 0.25) is 5.02 Å². The normalized spacial score (nSPS) is 14.2. The average Bonchev–Trinajstić information content (AvgIpc) is 3.49. The highest BCUT2D eigenvalue weighted by atomic mass is 35.5. The Morgan fingerprint density at radius 1 is 1.09 bits per heavy atom. The van der Waals surface area contributed by atoms with E-state index in [9.17, 15) is 14.4 Å². The first-order valence-electron chi connectivity index (χ1n) is 10.3. The van der Waals surface area contributed by atoms with Crippen LogP contribution in [0.3, 0.4) is 0 Å². The first-order chi connectivity index (χ1) is 16.0. The molecule has 0 bridgehead atoms. The SMILES string of the molecule is COC(=O)c1c(-c2ccccc2Cl)csc1NC(=O)CN1CCN(C(=O)c2ccco2)CC1. The van der Waals surface area contributed by atoms with Crippen LogP contribution in [0, 0.1) is 0 Å². The van der Waals surface area contributed by atoms with Gasteiger partial charge in [0.2, 0.25) is 5.91 Å². The van der Waals surface area contributed by atoms with Gasteiger partial charge in [-0.15, -0.1) is 11.3 Å². The Bertz CT molecular complexity index is 1150. The molecule has 4 rings (SSSR count). The van der Waals surface area contributed by atoms with Gasteiger partial charge in [-0.2, -0.15) is 0 Å². The number of hydrogen-bond donors (Lipinski definition) is 1. The highest BCUT2D eigenvalue weighted by Crippen LogP contribution is 2.39. The maximum Gasteiger partial charge on any atom is 0.341 e. The summed E-state index contributed by atoms with van der Waals surface area (Å²) in [5.74, 6) is -0.647. The van der Waals surface area contributed by atoms with E-state index in [1.165, 1.54) is 24.7 Å². The minimum atomic E-state index is -0.550. The van der Waals surface area contributed by atoms with Crippen molar-refractivity contribution in [3.8, 4) is 11.1 Å². The first-order valence-corrected chi connectivity index (χ1v) is 11.5. The lowest BCUT2D eigenvalue weighted by molar-refractivity contribution is -0.117. The number of rotatable bonds is 6. The largest absolute Gasteiger partial charge is 0.465 e. The van der Waals surface area contributed by atoms with E-state index in [0.717, 1.165) is 0 Å². The van der Waals surface area contributed by atoms with Crippen molar-refractivity contribution in [2.75, 3.05) is 45.2 Å². The van der Waals surface area contributed by atoms with Crippen LogP contribution in [-0.2, 0) is 9.53 Å². The summed E-state index contributed by atoms with van der Waals surface area (Å²) < 4.78 is 10.1. The molecule has 1 aromatic carbocycles. The standard InChI is InChI=1S/C23H22ClN3O5S/c1-31-23(30)20-16(15-5-2-3-6-17(15)24)14-33-21(20)25-19(28)13-26-8-10-27(11-9-26)22(29)18-7-4-12-32-18/h2-7,12,14H,8-11,13H2,1H3,(H,25,28). The molecule has 1 aliphatic rings. The second-order valence-electron chi connectivity index (χ2n) is 7.42. The molecule has 0 aliphatic carbocycles. The topological polar surface area (TPSA) is 92.1 Å². The molecule has 0 unspecified atom stereocenters. The van der Waals surface area contributed by atoms with Gasteiger partial charge in [-0.1, -0.05) is 29.8 Å².